The zero-order valence-corrected chi connectivity index (χ0v) is 18.4. The van der Waals surface area contributed by atoms with Crippen LogP contribution in [0.5, 0.6) is 11.8 Å². The van der Waals surface area contributed by atoms with Crippen molar-refractivity contribution in [2.75, 3.05) is 26.1 Å². The molecule has 0 aliphatic heterocycles. The van der Waals surface area contributed by atoms with Crippen LogP contribution in [0.15, 0.2) is 24.3 Å². The standard InChI is InChI=1S/C21H24ClF3N4O3/c1-31-16-10-17(32-2)29-20(28-16)26-11-12-6-8-13(9-7-12)27-19(30)14-4-3-5-15(18(14)22)21(23,24)25/h3-5,10,12-13H,6-9,11H2,1-2H3,(H,27,30)(H,26,28,29). The number of anilines is 1. The van der Waals surface area contributed by atoms with Gasteiger partial charge in [0.1, 0.15) is 0 Å². The SMILES string of the molecule is COc1cc(OC)nc(NCC2CCC(NC(=O)c3cccc(C(F)(F)F)c3Cl)CC2)n1. The summed E-state index contributed by atoms with van der Waals surface area (Å²) < 4.78 is 49.3. The molecule has 174 valence electrons. The number of hydrogen-bond acceptors (Lipinski definition) is 6. The van der Waals surface area contributed by atoms with Crippen molar-refractivity contribution in [1.82, 2.24) is 15.3 Å². The summed E-state index contributed by atoms with van der Waals surface area (Å²) in [7, 11) is 3.02. The fourth-order valence-corrected chi connectivity index (χ4v) is 3.95. The molecule has 11 heteroatoms. The van der Waals surface area contributed by atoms with Crippen molar-refractivity contribution in [2.24, 2.45) is 5.92 Å². The van der Waals surface area contributed by atoms with Gasteiger partial charge in [-0.05, 0) is 43.7 Å². The van der Waals surface area contributed by atoms with Crippen molar-refractivity contribution in [2.45, 2.75) is 37.9 Å². The number of aromatic nitrogens is 2. The fraction of sp³-hybridized carbons (Fsp3) is 0.476. The van der Waals surface area contributed by atoms with Crippen LogP contribution in [0.1, 0.15) is 41.6 Å². The summed E-state index contributed by atoms with van der Waals surface area (Å²) in [5.41, 5.74) is -1.19. The smallest absolute Gasteiger partial charge is 0.417 e. The van der Waals surface area contributed by atoms with Crippen molar-refractivity contribution >= 4 is 23.5 Å². The summed E-state index contributed by atoms with van der Waals surface area (Å²) >= 11 is 5.85. The third-order valence-electron chi connectivity index (χ3n) is 5.38. The molecule has 7 nitrogen and oxygen atoms in total. The van der Waals surface area contributed by atoms with Gasteiger partial charge in [0.2, 0.25) is 17.7 Å². The van der Waals surface area contributed by atoms with Crippen molar-refractivity contribution < 1.29 is 27.4 Å². The molecule has 0 spiro atoms. The van der Waals surface area contributed by atoms with Crippen LogP contribution in [0.3, 0.4) is 0 Å². The molecule has 3 rings (SSSR count). The highest BCUT2D eigenvalue weighted by Crippen LogP contribution is 2.36. The van der Waals surface area contributed by atoms with Crippen molar-refractivity contribution in [3.8, 4) is 11.8 Å². The molecule has 0 unspecified atom stereocenters. The molecule has 1 amide bonds. The molecule has 1 aliphatic carbocycles. The van der Waals surface area contributed by atoms with Crippen molar-refractivity contribution in [1.29, 1.82) is 0 Å². The van der Waals surface area contributed by atoms with Gasteiger partial charge in [-0.2, -0.15) is 23.1 Å². The van der Waals surface area contributed by atoms with Gasteiger partial charge in [0, 0.05) is 12.6 Å². The summed E-state index contributed by atoms with van der Waals surface area (Å²) in [6.07, 6.45) is -1.55. The average Bonchev–Trinajstić information content (AvgIpc) is 2.77. The highest BCUT2D eigenvalue weighted by molar-refractivity contribution is 6.34. The number of carbonyl (C=O) groups is 1. The molecule has 0 saturated heterocycles. The number of nitrogens with one attached hydrogen (secondary N) is 2. The maximum Gasteiger partial charge on any atom is 0.417 e. The lowest BCUT2D eigenvalue weighted by Gasteiger charge is -2.29. The van der Waals surface area contributed by atoms with Gasteiger partial charge in [-0.15, -0.1) is 0 Å². The molecule has 2 aromatic rings. The molecular formula is C21H24ClF3N4O3. The Hall–Kier alpha value is -2.75. The number of hydrogen-bond donors (Lipinski definition) is 2. The maximum atomic E-state index is 13.0. The normalized spacial score (nSPS) is 18.7. The second-order valence-electron chi connectivity index (χ2n) is 7.51. The summed E-state index contributed by atoms with van der Waals surface area (Å²) in [6, 6.07) is 4.79. The largest absolute Gasteiger partial charge is 0.481 e. The van der Waals surface area contributed by atoms with E-state index in [9.17, 15) is 18.0 Å². The van der Waals surface area contributed by atoms with Gasteiger partial charge < -0.3 is 20.1 Å². The highest BCUT2D eigenvalue weighted by Gasteiger charge is 2.35. The minimum atomic E-state index is -4.62. The van der Waals surface area contributed by atoms with Crippen molar-refractivity contribution in [3.63, 3.8) is 0 Å². The molecule has 0 radical (unpaired) electrons. The summed E-state index contributed by atoms with van der Waals surface area (Å²) in [5, 5.41) is 5.41. The monoisotopic (exact) mass is 472 g/mol. The van der Waals surface area contributed by atoms with Crippen LogP contribution in [0.25, 0.3) is 0 Å². The predicted molar refractivity (Wildman–Crippen MR) is 113 cm³/mol. The van der Waals surface area contributed by atoms with Crippen LogP contribution in [-0.4, -0.2) is 42.7 Å². The Labute approximate surface area is 188 Å². The van der Waals surface area contributed by atoms with Gasteiger partial charge >= 0.3 is 6.18 Å². The number of ether oxygens (including phenoxy) is 2. The summed E-state index contributed by atoms with van der Waals surface area (Å²) in [5.74, 6) is 0.912. The summed E-state index contributed by atoms with van der Waals surface area (Å²) in [4.78, 5) is 21.0. The minimum Gasteiger partial charge on any atom is -0.481 e. The molecule has 1 saturated carbocycles. The second kappa shape index (κ2) is 10.2. The van der Waals surface area contributed by atoms with E-state index in [1.807, 2.05) is 0 Å². The van der Waals surface area contributed by atoms with E-state index < -0.39 is 22.7 Å². The van der Waals surface area contributed by atoms with Crippen molar-refractivity contribution in [3.05, 3.63) is 40.4 Å². The minimum absolute atomic E-state index is 0.127. The number of methoxy groups -OCH3 is 2. The van der Waals surface area contributed by atoms with E-state index in [4.69, 9.17) is 21.1 Å². The Morgan fingerprint density at radius 1 is 1.12 bits per heavy atom. The van der Waals surface area contributed by atoms with Gasteiger partial charge in [0.05, 0.1) is 36.4 Å². The van der Waals surface area contributed by atoms with Crippen LogP contribution in [0, 0.1) is 5.92 Å². The fourth-order valence-electron chi connectivity index (χ4n) is 3.63. The Bertz CT molecular complexity index is 928. The number of halogens is 4. The molecule has 0 atom stereocenters. The first-order chi connectivity index (χ1) is 15.2. The van der Waals surface area contributed by atoms with Gasteiger partial charge in [-0.25, -0.2) is 0 Å². The van der Waals surface area contributed by atoms with Gasteiger partial charge in [-0.3, -0.25) is 4.79 Å². The molecule has 1 heterocycles. The third-order valence-corrected chi connectivity index (χ3v) is 5.78. The zero-order chi connectivity index (χ0) is 23.3. The van der Waals surface area contributed by atoms with Crippen LogP contribution in [-0.2, 0) is 6.18 Å². The average molecular weight is 473 g/mol. The van der Waals surface area contributed by atoms with Gasteiger partial charge in [0.25, 0.3) is 5.91 Å². The molecule has 1 aromatic heterocycles. The Kier molecular flexibility index (Phi) is 7.65. The predicted octanol–water partition coefficient (Wildman–Crippen LogP) is 4.57. The molecule has 1 aromatic carbocycles. The zero-order valence-electron chi connectivity index (χ0n) is 17.6. The number of benzene rings is 1. The molecule has 1 fully saturated rings. The topological polar surface area (TPSA) is 85.4 Å². The van der Waals surface area contributed by atoms with Crippen LogP contribution < -0.4 is 20.1 Å². The molecule has 0 bridgehead atoms. The molecule has 2 N–H and O–H groups in total. The summed E-state index contributed by atoms with van der Waals surface area (Å²) in [6.45, 7) is 0.635. The van der Waals surface area contributed by atoms with Crippen LogP contribution in [0.4, 0.5) is 19.1 Å². The van der Waals surface area contributed by atoms with E-state index in [-0.39, 0.29) is 11.6 Å². The number of carbonyl (C=O) groups excluding carboxylic acids is 1. The maximum absolute atomic E-state index is 13.0. The lowest BCUT2D eigenvalue weighted by Crippen LogP contribution is -2.38. The third kappa shape index (κ3) is 5.93. The number of alkyl halides is 3. The lowest BCUT2D eigenvalue weighted by atomic mass is 9.86. The van der Waals surface area contributed by atoms with Gasteiger partial charge in [0.15, 0.2) is 0 Å². The van der Waals surface area contributed by atoms with E-state index in [1.165, 1.54) is 26.4 Å². The Balaban J connectivity index is 1.52. The Morgan fingerprint density at radius 3 is 2.31 bits per heavy atom. The second-order valence-corrected chi connectivity index (χ2v) is 7.89. The first-order valence-corrected chi connectivity index (χ1v) is 10.5. The number of rotatable bonds is 7. The lowest BCUT2D eigenvalue weighted by molar-refractivity contribution is -0.137. The Morgan fingerprint density at radius 2 is 1.75 bits per heavy atom. The van der Waals surface area contributed by atoms with E-state index in [2.05, 4.69) is 20.6 Å². The van der Waals surface area contributed by atoms with Crippen LogP contribution >= 0.6 is 11.6 Å². The van der Waals surface area contributed by atoms with E-state index in [1.54, 1.807) is 6.07 Å². The molecular weight excluding hydrogens is 449 g/mol. The molecule has 32 heavy (non-hydrogen) atoms. The number of nitrogens with zero attached hydrogens (tertiary/aromatic N) is 2. The van der Waals surface area contributed by atoms with E-state index >= 15 is 0 Å². The number of amides is 1. The van der Waals surface area contributed by atoms with Gasteiger partial charge in [-0.1, -0.05) is 17.7 Å². The van der Waals surface area contributed by atoms with E-state index in [0.717, 1.165) is 18.9 Å². The van der Waals surface area contributed by atoms with E-state index in [0.29, 0.717) is 43.0 Å². The molecule has 1 aliphatic rings. The van der Waals surface area contributed by atoms with Crippen LogP contribution in [0.2, 0.25) is 5.02 Å². The first kappa shape index (κ1) is 23.9. The quantitative estimate of drug-likeness (QED) is 0.614. The first-order valence-electron chi connectivity index (χ1n) is 10.1. The highest BCUT2D eigenvalue weighted by atomic mass is 35.5.